The van der Waals surface area contributed by atoms with Crippen LogP contribution in [0.15, 0.2) is 60.8 Å². The lowest BCUT2D eigenvalue weighted by Crippen LogP contribution is -1.96. The van der Waals surface area contributed by atoms with Crippen molar-refractivity contribution in [1.29, 1.82) is 0 Å². The number of nitrogens with zero attached hydrogens (tertiary/aromatic N) is 2. The fourth-order valence-electron chi connectivity index (χ4n) is 2.04. The van der Waals surface area contributed by atoms with Crippen molar-refractivity contribution in [3.63, 3.8) is 0 Å². The van der Waals surface area contributed by atoms with Crippen molar-refractivity contribution in [2.24, 2.45) is 0 Å². The van der Waals surface area contributed by atoms with Gasteiger partial charge in [-0.2, -0.15) is 0 Å². The summed E-state index contributed by atoms with van der Waals surface area (Å²) >= 11 is 5.88. The molecule has 122 valence electrons. The molecular formula is C19H17ClN2O2. The van der Waals surface area contributed by atoms with E-state index in [9.17, 15) is 4.79 Å². The van der Waals surface area contributed by atoms with E-state index in [0.29, 0.717) is 10.8 Å². The summed E-state index contributed by atoms with van der Waals surface area (Å²) in [5.74, 6) is -0.354. The largest absolute Gasteiger partial charge is 0.478 e. The minimum Gasteiger partial charge on any atom is -0.478 e. The molecule has 3 rings (SSSR count). The van der Waals surface area contributed by atoms with Gasteiger partial charge in [-0.05, 0) is 42.5 Å². The average Bonchev–Trinajstić information content (AvgIpc) is 2.64. The Balaban J connectivity index is 0.00000100. The van der Waals surface area contributed by atoms with E-state index < -0.39 is 5.97 Å². The molecule has 4 nitrogen and oxygen atoms in total. The molecule has 0 spiro atoms. The molecule has 0 bridgehead atoms. The third kappa shape index (κ3) is 4.18. The second kappa shape index (κ2) is 8.22. The van der Waals surface area contributed by atoms with E-state index in [1.807, 2.05) is 26.0 Å². The van der Waals surface area contributed by atoms with Crippen LogP contribution in [0.3, 0.4) is 0 Å². The first kappa shape index (κ1) is 17.6. The molecule has 24 heavy (non-hydrogen) atoms. The number of rotatable bonds is 3. The van der Waals surface area contributed by atoms with Crippen molar-refractivity contribution < 1.29 is 9.90 Å². The zero-order valence-corrected chi connectivity index (χ0v) is 14.2. The molecule has 0 radical (unpaired) electrons. The number of carboxylic acid groups (broad SMARTS) is 1. The van der Waals surface area contributed by atoms with Crippen LogP contribution in [0.2, 0.25) is 5.02 Å². The van der Waals surface area contributed by atoms with Gasteiger partial charge in [-0.15, -0.1) is 0 Å². The van der Waals surface area contributed by atoms with Gasteiger partial charge in [0.05, 0.1) is 11.3 Å². The Hall–Kier alpha value is -2.72. The van der Waals surface area contributed by atoms with E-state index in [1.165, 1.54) is 0 Å². The fraction of sp³-hybridized carbons (Fsp3) is 0.105. The Labute approximate surface area is 145 Å². The van der Waals surface area contributed by atoms with Crippen LogP contribution in [0.25, 0.3) is 22.6 Å². The van der Waals surface area contributed by atoms with Crippen LogP contribution in [0, 0.1) is 0 Å². The van der Waals surface area contributed by atoms with Gasteiger partial charge < -0.3 is 5.11 Å². The first-order valence-electron chi connectivity index (χ1n) is 7.56. The zero-order chi connectivity index (χ0) is 17.5. The van der Waals surface area contributed by atoms with Gasteiger partial charge in [0.2, 0.25) is 0 Å². The summed E-state index contributed by atoms with van der Waals surface area (Å²) in [5.41, 5.74) is 2.68. The predicted molar refractivity (Wildman–Crippen MR) is 96.2 cm³/mol. The van der Waals surface area contributed by atoms with Gasteiger partial charge in [0.25, 0.3) is 0 Å². The maximum Gasteiger partial charge on any atom is 0.335 e. The molecule has 0 aliphatic carbocycles. The van der Waals surface area contributed by atoms with Crippen molar-refractivity contribution in [3.8, 4) is 22.6 Å². The molecule has 1 heterocycles. The molecule has 5 heteroatoms. The summed E-state index contributed by atoms with van der Waals surface area (Å²) in [5, 5.41) is 9.58. The lowest BCUT2D eigenvalue weighted by molar-refractivity contribution is 0.0697. The highest BCUT2D eigenvalue weighted by Crippen LogP contribution is 2.22. The highest BCUT2D eigenvalue weighted by molar-refractivity contribution is 6.30. The second-order valence-electron chi connectivity index (χ2n) is 4.65. The number of benzene rings is 2. The van der Waals surface area contributed by atoms with Crippen molar-refractivity contribution in [2.45, 2.75) is 13.8 Å². The third-order valence-corrected chi connectivity index (χ3v) is 3.44. The molecule has 0 atom stereocenters. The smallest absolute Gasteiger partial charge is 0.335 e. The molecule has 0 saturated carbocycles. The molecule has 0 amide bonds. The van der Waals surface area contributed by atoms with E-state index in [2.05, 4.69) is 9.97 Å². The number of aromatic carboxylic acids is 1. The van der Waals surface area contributed by atoms with E-state index >= 15 is 0 Å². The molecule has 0 fully saturated rings. The van der Waals surface area contributed by atoms with Crippen molar-refractivity contribution in [2.75, 3.05) is 0 Å². The van der Waals surface area contributed by atoms with Gasteiger partial charge in [0.15, 0.2) is 5.82 Å². The first-order chi connectivity index (χ1) is 11.6. The van der Waals surface area contributed by atoms with Crippen LogP contribution >= 0.6 is 11.6 Å². The Morgan fingerprint density at radius 1 is 0.917 bits per heavy atom. The first-order valence-corrected chi connectivity index (χ1v) is 7.94. The van der Waals surface area contributed by atoms with E-state index in [-0.39, 0.29) is 5.56 Å². The summed E-state index contributed by atoms with van der Waals surface area (Å²) in [6.07, 6.45) is 1.68. The van der Waals surface area contributed by atoms with E-state index in [4.69, 9.17) is 16.7 Å². The van der Waals surface area contributed by atoms with Gasteiger partial charge in [-0.3, -0.25) is 0 Å². The van der Waals surface area contributed by atoms with E-state index in [0.717, 1.165) is 16.8 Å². The van der Waals surface area contributed by atoms with Gasteiger partial charge in [0.1, 0.15) is 0 Å². The zero-order valence-electron chi connectivity index (χ0n) is 13.4. The van der Waals surface area contributed by atoms with Crippen molar-refractivity contribution in [3.05, 3.63) is 71.4 Å². The predicted octanol–water partition coefficient (Wildman–Crippen LogP) is 5.19. The molecule has 1 aromatic heterocycles. The number of carboxylic acids is 1. The molecule has 0 saturated heterocycles. The quantitative estimate of drug-likeness (QED) is 0.712. The maximum atomic E-state index is 10.9. The van der Waals surface area contributed by atoms with Gasteiger partial charge in [0, 0.05) is 22.3 Å². The Morgan fingerprint density at radius 2 is 1.50 bits per heavy atom. The highest BCUT2D eigenvalue weighted by Gasteiger charge is 2.06. The molecule has 0 aliphatic rings. The summed E-state index contributed by atoms with van der Waals surface area (Å²) < 4.78 is 0. The number of hydrogen-bond acceptors (Lipinski definition) is 3. The summed E-state index contributed by atoms with van der Waals surface area (Å²) in [6, 6.07) is 15.7. The lowest BCUT2D eigenvalue weighted by Gasteiger charge is -2.05. The Kier molecular flexibility index (Phi) is 6.04. The standard InChI is InChI=1S/C17H11ClN2O2.C2H6/c18-14-7-5-12(6-8-14)16-19-10-9-15(20-16)11-1-3-13(4-2-11)17(21)22;1-2/h1-10H,(H,21,22);1-2H3. The molecular weight excluding hydrogens is 324 g/mol. The minimum absolute atomic E-state index is 0.246. The topological polar surface area (TPSA) is 63.1 Å². The molecule has 1 N–H and O–H groups in total. The second-order valence-corrected chi connectivity index (χ2v) is 5.09. The van der Waals surface area contributed by atoms with Crippen LogP contribution < -0.4 is 0 Å². The van der Waals surface area contributed by atoms with Crippen LogP contribution in [-0.4, -0.2) is 21.0 Å². The van der Waals surface area contributed by atoms with Crippen LogP contribution in [0.5, 0.6) is 0 Å². The molecule has 2 aromatic carbocycles. The fourth-order valence-corrected chi connectivity index (χ4v) is 2.17. The van der Waals surface area contributed by atoms with E-state index in [1.54, 1.807) is 48.7 Å². The van der Waals surface area contributed by atoms with Crippen molar-refractivity contribution in [1.82, 2.24) is 9.97 Å². The summed E-state index contributed by atoms with van der Waals surface area (Å²) in [7, 11) is 0. The monoisotopic (exact) mass is 340 g/mol. The van der Waals surface area contributed by atoms with Gasteiger partial charge in [-0.25, -0.2) is 14.8 Å². The summed E-state index contributed by atoms with van der Waals surface area (Å²) in [6.45, 7) is 4.00. The van der Waals surface area contributed by atoms with Crippen molar-refractivity contribution >= 4 is 17.6 Å². The molecule has 0 unspecified atom stereocenters. The number of aromatic nitrogens is 2. The number of hydrogen-bond donors (Lipinski definition) is 1. The number of carbonyl (C=O) groups is 1. The third-order valence-electron chi connectivity index (χ3n) is 3.19. The molecule has 0 aliphatic heterocycles. The normalized spacial score (nSPS) is 9.79. The van der Waals surface area contributed by atoms with Gasteiger partial charge in [-0.1, -0.05) is 37.6 Å². The van der Waals surface area contributed by atoms with Gasteiger partial charge >= 0.3 is 5.97 Å². The highest BCUT2D eigenvalue weighted by atomic mass is 35.5. The van der Waals surface area contributed by atoms with Crippen LogP contribution in [-0.2, 0) is 0 Å². The Bertz CT molecular complexity index is 816. The average molecular weight is 341 g/mol. The molecule has 3 aromatic rings. The number of halogens is 1. The SMILES string of the molecule is CC.O=C(O)c1ccc(-c2ccnc(-c3ccc(Cl)cc3)n2)cc1. The Morgan fingerprint density at radius 3 is 2.08 bits per heavy atom. The minimum atomic E-state index is -0.948. The summed E-state index contributed by atoms with van der Waals surface area (Å²) in [4.78, 5) is 19.7. The maximum absolute atomic E-state index is 10.9. The lowest BCUT2D eigenvalue weighted by atomic mass is 10.1. The van der Waals surface area contributed by atoms with Crippen LogP contribution in [0.4, 0.5) is 0 Å². The van der Waals surface area contributed by atoms with Crippen LogP contribution in [0.1, 0.15) is 24.2 Å².